The minimum absolute atomic E-state index is 0.0881. The van der Waals surface area contributed by atoms with Gasteiger partial charge in [-0.15, -0.1) is 0 Å². The van der Waals surface area contributed by atoms with E-state index in [9.17, 15) is 9.18 Å². The quantitative estimate of drug-likeness (QED) is 0.915. The molecule has 1 atom stereocenters. The molecule has 1 saturated heterocycles. The van der Waals surface area contributed by atoms with Crippen LogP contribution in [0, 0.1) is 5.82 Å². The lowest BCUT2D eigenvalue weighted by molar-refractivity contribution is 0.199. The Balaban J connectivity index is 1.75. The largest absolute Gasteiger partial charge is 0.467 e. The first-order valence-electron chi connectivity index (χ1n) is 6.46. The van der Waals surface area contributed by atoms with Crippen LogP contribution in [-0.2, 0) is 0 Å². The van der Waals surface area contributed by atoms with E-state index in [1.165, 1.54) is 12.3 Å². The van der Waals surface area contributed by atoms with E-state index >= 15 is 0 Å². The minimum atomic E-state index is -0.547. The van der Waals surface area contributed by atoms with E-state index in [-0.39, 0.29) is 17.8 Å². The van der Waals surface area contributed by atoms with Crippen LogP contribution in [0.3, 0.4) is 0 Å². The van der Waals surface area contributed by atoms with E-state index in [2.05, 4.69) is 10.3 Å². The third-order valence-corrected chi connectivity index (χ3v) is 3.40. The van der Waals surface area contributed by atoms with Crippen molar-refractivity contribution < 1.29 is 13.6 Å². The molecule has 0 radical (unpaired) electrons. The van der Waals surface area contributed by atoms with Crippen molar-refractivity contribution in [3.63, 3.8) is 0 Å². The Morgan fingerprint density at radius 3 is 3.15 bits per heavy atom. The zero-order chi connectivity index (χ0) is 13.9. The number of furan rings is 1. The highest BCUT2D eigenvalue weighted by atomic mass is 19.1. The number of pyridine rings is 1. The number of hydrogen-bond acceptors (Lipinski definition) is 3. The highest BCUT2D eigenvalue weighted by molar-refractivity contribution is 5.89. The Bertz CT molecular complexity index is 600. The summed E-state index contributed by atoms with van der Waals surface area (Å²) in [5.74, 6) is 0.211. The summed E-state index contributed by atoms with van der Waals surface area (Å²) in [6.45, 7) is 0.629. The number of nitrogens with one attached hydrogen (secondary N) is 1. The lowest BCUT2D eigenvalue weighted by Crippen LogP contribution is -2.34. The fourth-order valence-electron chi connectivity index (χ4n) is 2.45. The number of nitrogens with zero attached hydrogens (tertiary/aromatic N) is 2. The molecule has 1 aliphatic rings. The maximum Gasteiger partial charge on any atom is 0.322 e. The number of likely N-dealkylation sites (tertiary alicyclic amines) is 1. The number of urea groups is 1. The van der Waals surface area contributed by atoms with Crippen molar-refractivity contribution in [2.45, 2.75) is 18.9 Å². The van der Waals surface area contributed by atoms with E-state index in [1.807, 2.05) is 6.07 Å². The number of anilines is 1. The molecule has 3 rings (SSSR count). The second-order valence-corrected chi connectivity index (χ2v) is 4.65. The van der Waals surface area contributed by atoms with Crippen LogP contribution in [0.5, 0.6) is 0 Å². The predicted molar refractivity (Wildman–Crippen MR) is 70.6 cm³/mol. The molecule has 0 spiro atoms. The number of halogens is 1. The van der Waals surface area contributed by atoms with E-state index in [0.717, 1.165) is 24.8 Å². The van der Waals surface area contributed by atoms with E-state index in [1.54, 1.807) is 17.2 Å². The average molecular weight is 275 g/mol. The Morgan fingerprint density at radius 2 is 2.40 bits per heavy atom. The van der Waals surface area contributed by atoms with Crippen molar-refractivity contribution in [3.8, 4) is 0 Å². The molecule has 6 heteroatoms. The van der Waals surface area contributed by atoms with Gasteiger partial charge in [0.2, 0.25) is 0 Å². The molecule has 1 fully saturated rings. The Labute approximate surface area is 115 Å². The normalized spacial score (nSPS) is 18.2. The summed E-state index contributed by atoms with van der Waals surface area (Å²) in [6.07, 6.45) is 5.85. The van der Waals surface area contributed by atoms with E-state index in [0.29, 0.717) is 6.54 Å². The molecule has 0 aliphatic carbocycles. The van der Waals surface area contributed by atoms with Crippen LogP contribution in [-0.4, -0.2) is 22.5 Å². The standard InChI is InChI=1S/C14H14FN3O2/c15-10-9-16-6-5-11(10)17-14(19)18-7-1-3-12(18)13-4-2-8-20-13/h2,4-6,8-9,12H,1,3,7H2,(H,16,17,19)/t12-/m1/s1. The van der Waals surface area contributed by atoms with Gasteiger partial charge in [0, 0.05) is 12.7 Å². The summed E-state index contributed by atoms with van der Waals surface area (Å²) in [5, 5.41) is 2.57. The highest BCUT2D eigenvalue weighted by Crippen LogP contribution is 2.32. The molecule has 2 aromatic rings. The van der Waals surface area contributed by atoms with E-state index < -0.39 is 5.82 Å². The monoisotopic (exact) mass is 275 g/mol. The zero-order valence-corrected chi connectivity index (χ0v) is 10.8. The van der Waals surface area contributed by atoms with Crippen molar-refractivity contribution in [1.82, 2.24) is 9.88 Å². The van der Waals surface area contributed by atoms with Crippen LogP contribution >= 0.6 is 0 Å². The molecule has 104 valence electrons. The van der Waals surface area contributed by atoms with Gasteiger partial charge in [-0.1, -0.05) is 0 Å². The minimum Gasteiger partial charge on any atom is -0.467 e. The average Bonchev–Trinajstić information content (AvgIpc) is 3.11. The van der Waals surface area contributed by atoms with Crippen molar-refractivity contribution in [2.75, 3.05) is 11.9 Å². The summed E-state index contributed by atoms with van der Waals surface area (Å²) < 4.78 is 18.9. The Hall–Kier alpha value is -2.37. The molecule has 20 heavy (non-hydrogen) atoms. The molecule has 1 N–H and O–H groups in total. The van der Waals surface area contributed by atoms with Crippen LogP contribution in [0.15, 0.2) is 41.3 Å². The van der Waals surface area contributed by atoms with Crippen molar-refractivity contribution >= 4 is 11.7 Å². The van der Waals surface area contributed by atoms with Gasteiger partial charge in [0.1, 0.15) is 5.76 Å². The van der Waals surface area contributed by atoms with Gasteiger partial charge < -0.3 is 14.6 Å². The second kappa shape index (κ2) is 5.32. The van der Waals surface area contributed by atoms with Crippen LogP contribution < -0.4 is 5.32 Å². The van der Waals surface area contributed by atoms with Crippen molar-refractivity contribution in [3.05, 3.63) is 48.4 Å². The number of rotatable bonds is 2. The van der Waals surface area contributed by atoms with Gasteiger partial charge in [0.05, 0.1) is 24.2 Å². The lowest BCUT2D eigenvalue weighted by Gasteiger charge is -2.23. The van der Waals surface area contributed by atoms with Crippen LogP contribution in [0.1, 0.15) is 24.6 Å². The summed E-state index contributed by atoms with van der Waals surface area (Å²) in [6, 6.07) is 4.67. The first-order valence-corrected chi connectivity index (χ1v) is 6.46. The third kappa shape index (κ3) is 2.36. The molecule has 0 bridgehead atoms. The van der Waals surface area contributed by atoms with E-state index in [4.69, 9.17) is 4.42 Å². The van der Waals surface area contributed by atoms with Gasteiger partial charge in [-0.05, 0) is 31.0 Å². The zero-order valence-electron chi connectivity index (χ0n) is 10.8. The molecule has 1 aliphatic heterocycles. The van der Waals surface area contributed by atoms with Crippen molar-refractivity contribution in [1.29, 1.82) is 0 Å². The number of amides is 2. The molecule has 2 aromatic heterocycles. The van der Waals surface area contributed by atoms with Gasteiger partial charge in [0.25, 0.3) is 0 Å². The van der Waals surface area contributed by atoms with Crippen LogP contribution in [0.4, 0.5) is 14.9 Å². The second-order valence-electron chi connectivity index (χ2n) is 4.65. The van der Waals surface area contributed by atoms with Crippen LogP contribution in [0.2, 0.25) is 0 Å². The van der Waals surface area contributed by atoms with Gasteiger partial charge >= 0.3 is 6.03 Å². The summed E-state index contributed by atoms with van der Waals surface area (Å²) in [7, 11) is 0. The first kappa shape index (κ1) is 12.7. The van der Waals surface area contributed by atoms with Gasteiger partial charge in [-0.25, -0.2) is 9.18 Å². The SMILES string of the molecule is O=C(Nc1ccncc1F)N1CCC[C@@H]1c1ccco1. The first-order chi connectivity index (χ1) is 9.75. The molecule has 2 amide bonds. The molecule has 0 aromatic carbocycles. The smallest absolute Gasteiger partial charge is 0.322 e. The number of aromatic nitrogens is 1. The van der Waals surface area contributed by atoms with Crippen molar-refractivity contribution in [2.24, 2.45) is 0 Å². The molecular weight excluding hydrogens is 261 g/mol. The summed E-state index contributed by atoms with van der Waals surface area (Å²) in [4.78, 5) is 17.6. The van der Waals surface area contributed by atoms with Gasteiger partial charge in [-0.3, -0.25) is 4.98 Å². The predicted octanol–water partition coefficient (Wildman–Crippen LogP) is 3.18. The maximum absolute atomic E-state index is 13.5. The maximum atomic E-state index is 13.5. The Morgan fingerprint density at radius 1 is 1.50 bits per heavy atom. The molecule has 3 heterocycles. The third-order valence-electron chi connectivity index (χ3n) is 3.40. The molecule has 5 nitrogen and oxygen atoms in total. The highest BCUT2D eigenvalue weighted by Gasteiger charge is 2.32. The number of carbonyl (C=O) groups is 1. The fourth-order valence-corrected chi connectivity index (χ4v) is 2.45. The van der Waals surface area contributed by atoms with Gasteiger partial charge in [-0.2, -0.15) is 0 Å². The Kier molecular flexibility index (Phi) is 3.37. The molecular formula is C14H14FN3O2. The lowest BCUT2D eigenvalue weighted by atomic mass is 10.2. The molecule has 0 unspecified atom stereocenters. The molecule has 0 saturated carbocycles. The number of hydrogen-bond donors (Lipinski definition) is 1. The fraction of sp³-hybridized carbons (Fsp3) is 0.286. The summed E-state index contributed by atoms with van der Waals surface area (Å²) in [5.41, 5.74) is 0.134. The van der Waals surface area contributed by atoms with Gasteiger partial charge in [0.15, 0.2) is 5.82 Å². The summed E-state index contributed by atoms with van der Waals surface area (Å²) >= 11 is 0. The number of carbonyl (C=O) groups excluding carboxylic acids is 1. The topological polar surface area (TPSA) is 58.4 Å². The van der Waals surface area contributed by atoms with Crippen LogP contribution in [0.25, 0.3) is 0 Å².